The summed E-state index contributed by atoms with van der Waals surface area (Å²) in [5.41, 5.74) is 0. The zero-order chi connectivity index (χ0) is 18.1. The molecule has 0 saturated carbocycles. The van der Waals surface area contributed by atoms with Crippen molar-refractivity contribution in [1.82, 2.24) is 10.6 Å². The number of nitrogens with one attached hydrogen (secondary N) is 2. The van der Waals surface area contributed by atoms with Crippen molar-refractivity contribution in [2.75, 3.05) is 31.9 Å². The van der Waals surface area contributed by atoms with Crippen molar-refractivity contribution < 1.29 is 47.6 Å². The van der Waals surface area contributed by atoms with Gasteiger partial charge in [0.15, 0.2) is 0 Å². The van der Waals surface area contributed by atoms with E-state index in [1.807, 2.05) is 0 Å². The minimum Gasteiger partial charge on any atom is -0.748 e. The summed E-state index contributed by atoms with van der Waals surface area (Å²) < 4.78 is 31.3. The van der Waals surface area contributed by atoms with Crippen LogP contribution in [0.3, 0.4) is 0 Å². The van der Waals surface area contributed by atoms with E-state index in [9.17, 15) is 18.1 Å². The second-order valence-corrected chi connectivity index (χ2v) is 7.96. The number of aliphatic hydroxyl groups is 1. The van der Waals surface area contributed by atoms with E-state index in [0.717, 1.165) is 13.1 Å². The van der Waals surface area contributed by atoms with Crippen LogP contribution in [0.2, 0.25) is 0 Å². The molecule has 0 radical (unpaired) electrons. The van der Waals surface area contributed by atoms with Gasteiger partial charge in [-0.25, -0.2) is 8.42 Å². The fourth-order valence-electron chi connectivity index (χ4n) is 2.60. The largest absolute Gasteiger partial charge is 1.00 e. The Kier molecular flexibility index (Phi) is 21.9. The molecule has 0 aromatic carbocycles. The van der Waals surface area contributed by atoms with E-state index in [2.05, 4.69) is 17.6 Å². The van der Waals surface area contributed by atoms with Crippen LogP contribution in [0.1, 0.15) is 71.1 Å². The van der Waals surface area contributed by atoms with Crippen molar-refractivity contribution in [1.29, 1.82) is 0 Å². The van der Waals surface area contributed by atoms with Crippen LogP contribution in [-0.4, -0.2) is 56.1 Å². The molecule has 3 N–H and O–H groups in total. The Morgan fingerprint density at radius 1 is 0.840 bits per heavy atom. The second-order valence-electron chi connectivity index (χ2n) is 6.51. The van der Waals surface area contributed by atoms with Crippen LogP contribution in [0.25, 0.3) is 0 Å². The summed E-state index contributed by atoms with van der Waals surface area (Å²) >= 11 is 0. The van der Waals surface area contributed by atoms with E-state index in [1.165, 1.54) is 64.2 Å². The summed E-state index contributed by atoms with van der Waals surface area (Å²) in [6.07, 6.45) is 12.2. The fourth-order valence-corrected chi connectivity index (χ4v) is 3.19. The van der Waals surface area contributed by atoms with Gasteiger partial charge >= 0.3 is 29.6 Å². The molecule has 6 nitrogen and oxygen atoms in total. The Labute approximate surface area is 177 Å². The van der Waals surface area contributed by atoms with Gasteiger partial charge in [0.1, 0.15) is 0 Å². The molecule has 8 heteroatoms. The Morgan fingerprint density at radius 3 is 1.84 bits per heavy atom. The van der Waals surface area contributed by atoms with Gasteiger partial charge in [-0.05, 0) is 13.0 Å². The van der Waals surface area contributed by atoms with E-state index >= 15 is 0 Å². The van der Waals surface area contributed by atoms with Crippen LogP contribution in [0, 0.1) is 0 Å². The average Bonchev–Trinajstić information content (AvgIpc) is 2.49. The van der Waals surface area contributed by atoms with Gasteiger partial charge in [-0.1, -0.05) is 64.7 Å². The van der Waals surface area contributed by atoms with Crippen LogP contribution < -0.4 is 40.2 Å². The number of unbranched alkanes of at least 4 members (excludes halogenated alkanes) is 9. The standard InChI is InChI=1S/C17H38N2O4S.Na/c1-2-3-4-5-6-7-8-9-10-11-12-18-13-14-19-15-17(20)16-24(21,22)23;/h17-20H,2-16H2,1H3,(H,21,22,23);/q;+1/p-1. The number of rotatable bonds is 18. The van der Waals surface area contributed by atoms with Crippen LogP contribution in [0.4, 0.5) is 0 Å². The van der Waals surface area contributed by atoms with Gasteiger partial charge < -0.3 is 20.3 Å². The van der Waals surface area contributed by atoms with Crippen LogP contribution >= 0.6 is 0 Å². The Balaban J connectivity index is 0. The van der Waals surface area contributed by atoms with E-state index in [0.29, 0.717) is 6.54 Å². The van der Waals surface area contributed by atoms with E-state index in [1.54, 1.807) is 0 Å². The van der Waals surface area contributed by atoms with E-state index in [4.69, 9.17) is 0 Å². The summed E-state index contributed by atoms with van der Waals surface area (Å²) in [5.74, 6) is -0.730. The third kappa shape index (κ3) is 24.8. The van der Waals surface area contributed by atoms with Crippen LogP contribution in [0.5, 0.6) is 0 Å². The molecule has 0 aliphatic heterocycles. The zero-order valence-corrected chi connectivity index (χ0v) is 19.1. The first kappa shape index (κ1) is 28.0. The molecule has 0 aliphatic rings. The molecule has 0 aliphatic carbocycles. The van der Waals surface area contributed by atoms with Gasteiger partial charge in [0.25, 0.3) is 0 Å². The topological polar surface area (TPSA) is 101 Å². The third-order valence-electron chi connectivity index (χ3n) is 3.96. The predicted molar refractivity (Wildman–Crippen MR) is 98.2 cm³/mol. The van der Waals surface area contributed by atoms with Crippen LogP contribution in [-0.2, 0) is 10.1 Å². The first-order valence-corrected chi connectivity index (χ1v) is 11.1. The summed E-state index contributed by atoms with van der Waals surface area (Å²) in [7, 11) is -4.35. The van der Waals surface area contributed by atoms with Gasteiger partial charge in [0.2, 0.25) is 0 Å². The molecule has 0 spiro atoms. The van der Waals surface area contributed by atoms with Crippen molar-refractivity contribution in [2.24, 2.45) is 0 Å². The molecule has 0 bridgehead atoms. The third-order valence-corrected chi connectivity index (χ3v) is 4.76. The van der Waals surface area contributed by atoms with E-state index < -0.39 is 22.0 Å². The maximum absolute atomic E-state index is 10.4. The normalized spacial score (nSPS) is 12.8. The molecule has 0 heterocycles. The van der Waals surface area contributed by atoms with Gasteiger partial charge in [-0.2, -0.15) is 0 Å². The molecule has 1 unspecified atom stereocenters. The summed E-state index contributed by atoms with van der Waals surface area (Å²) in [6.45, 7) is 4.77. The molecule has 146 valence electrons. The first-order chi connectivity index (χ1) is 11.5. The average molecular weight is 389 g/mol. The molecule has 0 aromatic heterocycles. The molecule has 25 heavy (non-hydrogen) atoms. The van der Waals surface area contributed by atoms with Crippen molar-refractivity contribution in [3.05, 3.63) is 0 Å². The second kappa shape index (κ2) is 19.5. The Hall–Kier alpha value is 0.790. The maximum Gasteiger partial charge on any atom is 1.00 e. The van der Waals surface area contributed by atoms with Crippen molar-refractivity contribution in [2.45, 2.75) is 77.2 Å². The van der Waals surface area contributed by atoms with Crippen molar-refractivity contribution in [3.63, 3.8) is 0 Å². The van der Waals surface area contributed by atoms with Gasteiger partial charge in [0.05, 0.1) is 22.0 Å². The summed E-state index contributed by atoms with van der Waals surface area (Å²) in [5, 5.41) is 15.6. The number of aliphatic hydroxyl groups excluding tert-OH is 1. The van der Waals surface area contributed by atoms with Gasteiger partial charge in [-0.15, -0.1) is 0 Å². The molecule has 0 fully saturated rings. The van der Waals surface area contributed by atoms with Gasteiger partial charge in [-0.3, -0.25) is 0 Å². The zero-order valence-electron chi connectivity index (χ0n) is 16.3. The quantitative estimate of drug-likeness (QED) is 0.158. The maximum atomic E-state index is 10.4. The number of hydrogen-bond acceptors (Lipinski definition) is 6. The first-order valence-electron chi connectivity index (χ1n) is 9.48. The van der Waals surface area contributed by atoms with Crippen LogP contribution in [0.15, 0.2) is 0 Å². The molecular formula is C17H37N2NaO4S. The number of hydrogen-bond donors (Lipinski definition) is 3. The molecule has 0 aromatic rings. The molecule has 0 amide bonds. The van der Waals surface area contributed by atoms with Crippen molar-refractivity contribution >= 4 is 10.1 Å². The minimum absolute atomic E-state index is 0. The molecule has 0 rings (SSSR count). The Bertz CT molecular complexity index is 370. The SMILES string of the molecule is CCCCCCCCCCCCNCCNCC(O)CS(=O)(=O)[O-].[Na+]. The molecular weight excluding hydrogens is 351 g/mol. The monoisotopic (exact) mass is 388 g/mol. The summed E-state index contributed by atoms with van der Waals surface area (Å²) in [6, 6.07) is 0. The summed E-state index contributed by atoms with van der Waals surface area (Å²) in [4.78, 5) is 0. The minimum atomic E-state index is -4.35. The van der Waals surface area contributed by atoms with E-state index in [-0.39, 0.29) is 36.1 Å². The molecule has 0 saturated heterocycles. The van der Waals surface area contributed by atoms with Crippen molar-refractivity contribution in [3.8, 4) is 0 Å². The fraction of sp³-hybridized carbons (Fsp3) is 1.00. The Morgan fingerprint density at radius 2 is 1.32 bits per heavy atom. The smallest absolute Gasteiger partial charge is 0.748 e. The predicted octanol–water partition coefficient (Wildman–Crippen LogP) is -1.00. The van der Waals surface area contributed by atoms with Gasteiger partial charge in [0, 0.05) is 19.6 Å². The molecule has 1 atom stereocenters.